The maximum atomic E-state index is 14.0. The first kappa shape index (κ1) is 19.8. The summed E-state index contributed by atoms with van der Waals surface area (Å²) in [6.07, 6.45) is 3.92. The van der Waals surface area contributed by atoms with Crippen molar-refractivity contribution in [1.82, 2.24) is 29.9 Å². The molecule has 1 aliphatic heterocycles. The normalized spacial score (nSPS) is 20.8. The summed E-state index contributed by atoms with van der Waals surface area (Å²) in [5.74, 6) is 7.59. The van der Waals surface area contributed by atoms with Gasteiger partial charge in [0, 0.05) is 11.6 Å². The van der Waals surface area contributed by atoms with E-state index in [1.165, 1.54) is 4.80 Å². The number of hydrogen-bond donors (Lipinski definition) is 1. The molecule has 0 bridgehead atoms. The zero-order valence-corrected chi connectivity index (χ0v) is 18.7. The highest BCUT2D eigenvalue weighted by Gasteiger charge is 2.57. The minimum Gasteiger partial charge on any atom is -0.497 e. The minimum atomic E-state index is -0.813. The van der Waals surface area contributed by atoms with E-state index in [-0.39, 0.29) is 11.8 Å². The number of halogens is 1. The molecular formula is C24H19ClN6O2. The van der Waals surface area contributed by atoms with Gasteiger partial charge in [0.25, 0.3) is 5.91 Å². The van der Waals surface area contributed by atoms with Crippen molar-refractivity contribution in [2.75, 3.05) is 13.7 Å². The van der Waals surface area contributed by atoms with Gasteiger partial charge in [0.1, 0.15) is 11.6 Å². The Bertz CT molecular complexity index is 1480. The van der Waals surface area contributed by atoms with Crippen LogP contribution in [-0.2, 0) is 5.54 Å². The number of amides is 1. The minimum absolute atomic E-state index is 0.00896. The predicted octanol–water partition coefficient (Wildman–Crippen LogP) is 3.49. The first-order valence-electron chi connectivity index (χ1n) is 10.6. The van der Waals surface area contributed by atoms with Crippen molar-refractivity contribution < 1.29 is 9.53 Å². The summed E-state index contributed by atoms with van der Waals surface area (Å²) in [7, 11) is 1.57. The summed E-state index contributed by atoms with van der Waals surface area (Å²) >= 11 is 6.32. The molecule has 1 aliphatic carbocycles. The topological polar surface area (TPSA) is 88.9 Å². The zero-order chi connectivity index (χ0) is 22.7. The lowest BCUT2D eigenvalue weighted by Gasteiger charge is -2.39. The van der Waals surface area contributed by atoms with Crippen molar-refractivity contribution >= 4 is 28.5 Å². The molecule has 3 heterocycles. The van der Waals surface area contributed by atoms with Crippen LogP contribution in [0, 0.1) is 24.7 Å². The van der Waals surface area contributed by atoms with Crippen molar-refractivity contribution in [3.05, 3.63) is 64.7 Å². The summed E-state index contributed by atoms with van der Waals surface area (Å²) in [5.41, 5.74) is 2.76. The van der Waals surface area contributed by atoms with Crippen LogP contribution < -0.4 is 4.74 Å². The molecule has 1 N–H and O–H groups in total. The van der Waals surface area contributed by atoms with Gasteiger partial charge < -0.3 is 14.6 Å². The fourth-order valence-corrected chi connectivity index (χ4v) is 4.89. The van der Waals surface area contributed by atoms with Crippen LogP contribution >= 0.6 is 11.6 Å². The van der Waals surface area contributed by atoms with Crippen molar-refractivity contribution in [2.45, 2.75) is 18.9 Å². The maximum Gasteiger partial charge on any atom is 0.257 e. The number of carbonyl (C=O) groups excluding carboxylic acids is 1. The van der Waals surface area contributed by atoms with E-state index in [4.69, 9.17) is 21.3 Å². The molecule has 33 heavy (non-hydrogen) atoms. The standard InChI is InChI=1S/C24H19ClN6O2/c1-14-18(25)4-5-19-21(14)29-23(28-19)24-9-7-15(24)8-12-30(24)22(32)17-13-16(33-2)3-6-20(17)31-26-10-11-27-31/h3-6,10-11,13,15H,8,12H2,1-2H3,(H,28,29)/t15-,24-/m0/s1. The van der Waals surface area contributed by atoms with E-state index in [0.717, 1.165) is 23.0 Å². The number of H-pyrrole nitrogens is 1. The number of nitrogens with zero attached hydrogens (tertiary/aromatic N) is 5. The molecule has 0 spiro atoms. The maximum absolute atomic E-state index is 14.0. The Morgan fingerprint density at radius 2 is 2.09 bits per heavy atom. The number of aryl methyl sites for hydroxylation is 1. The Kier molecular flexibility index (Phi) is 4.26. The van der Waals surface area contributed by atoms with Gasteiger partial charge in [-0.1, -0.05) is 23.4 Å². The van der Waals surface area contributed by atoms with Gasteiger partial charge in [-0.2, -0.15) is 15.0 Å². The van der Waals surface area contributed by atoms with Crippen molar-refractivity contribution in [1.29, 1.82) is 0 Å². The number of rotatable bonds is 4. The number of nitrogens with one attached hydrogen (secondary N) is 1. The molecule has 4 aromatic rings. The molecule has 1 saturated heterocycles. The third-order valence-electron chi connectivity index (χ3n) is 6.52. The molecule has 8 nitrogen and oxygen atoms in total. The molecule has 2 aromatic heterocycles. The smallest absolute Gasteiger partial charge is 0.257 e. The van der Waals surface area contributed by atoms with Gasteiger partial charge in [0.15, 0.2) is 5.54 Å². The molecule has 0 unspecified atom stereocenters. The number of ether oxygens (including phenoxy) is 1. The third kappa shape index (κ3) is 2.72. The number of hydrogen-bond acceptors (Lipinski definition) is 5. The second-order valence-electron chi connectivity index (χ2n) is 8.19. The quantitative estimate of drug-likeness (QED) is 0.473. The number of imidazole rings is 1. The Morgan fingerprint density at radius 1 is 1.27 bits per heavy atom. The van der Waals surface area contributed by atoms with E-state index in [1.807, 2.05) is 24.0 Å². The monoisotopic (exact) mass is 458 g/mol. The first-order valence-corrected chi connectivity index (χ1v) is 11.0. The van der Waals surface area contributed by atoms with Crippen molar-refractivity contribution in [3.8, 4) is 23.3 Å². The molecule has 2 atom stereocenters. The number of fused-ring (bicyclic) bond motifs is 2. The van der Waals surface area contributed by atoms with E-state index in [1.54, 1.807) is 37.7 Å². The molecular weight excluding hydrogens is 440 g/mol. The lowest BCUT2D eigenvalue weighted by Crippen LogP contribution is -2.51. The van der Waals surface area contributed by atoms with Crippen LogP contribution in [0.25, 0.3) is 16.7 Å². The highest BCUT2D eigenvalue weighted by atomic mass is 35.5. The molecule has 6 rings (SSSR count). The summed E-state index contributed by atoms with van der Waals surface area (Å²) in [4.78, 5) is 25.5. The summed E-state index contributed by atoms with van der Waals surface area (Å²) in [6, 6.07) is 9.04. The average molecular weight is 459 g/mol. The molecule has 1 fully saturated rings. The van der Waals surface area contributed by atoms with Crippen LogP contribution in [-0.4, -0.2) is 49.4 Å². The van der Waals surface area contributed by atoms with Crippen LogP contribution in [0.15, 0.2) is 42.7 Å². The van der Waals surface area contributed by atoms with Gasteiger partial charge in [-0.15, -0.1) is 0 Å². The molecule has 1 amide bonds. The zero-order valence-electron chi connectivity index (χ0n) is 18.0. The lowest BCUT2D eigenvalue weighted by molar-refractivity contribution is 0.0625. The van der Waals surface area contributed by atoms with Gasteiger partial charge >= 0.3 is 0 Å². The Labute approximate surface area is 194 Å². The molecule has 0 saturated carbocycles. The van der Waals surface area contributed by atoms with Gasteiger partial charge in [-0.3, -0.25) is 4.79 Å². The SMILES string of the molecule is COc1ccc(-n2nccn2)c(C(=O)N2CC[C@@H]3C#C[C@@]32c2nc3c(C)c(Cl)ccc3[nH]2)c1. The van der Waals surface area contributed by atoms with E-state index in [9.17, 15) is 4.79 Å². The van der Waals surface area contributed by atoms with Gasteiger partial charge in [0.2, 0.25) is 0 Å². The Hall–Kier alpha value is -3.83. The van der Waals surface area contributed by atoms with Crippen molar-refractivity contribution in [3.63, 3.8) is 0 Å². The molecule has 9 heteroatoms. The van der Waals surface area contributed by atoms with E-state index in [2.05, 4.69) is 27.0 Å². The molecule has 2 aromatic carbocycles. The number of benzene rings is 2. The summed E-state index contributed by atoms with van der Waals surface area (Å²) in [5, 5.41) is 9.09. The largest absolute Gasteiger partial charge is 0.497 e. The second kappa shape index (κ2) is 7.09. The van der Waals surface area contributed by atoms with Crippen LogP contribution in [0.4, 0.5) is 0 Å². The molecule has 164 valence electrons. The number of methoxy groups -OCH3 is 1. The summed E-state index contributed by atoms with van der Waals surface area (Å²) < 4.78 is 5.40. The van der Waals surface area contributed by atoms with Crippen LogP contribution in [0.3, 0.4) is 0 Å². The fraction of sp³-hybridized carbons (Fsp3) is 0.250. The van der Waals surface area contributed by atoms with Crippen LogP contribution in [0.1, 0.15) is 28.2 Å². The number of aromatic nitrogens is 5. The van der Waals surface area contributed by atoms with E-state index >= 15 is 0 Å². The highest BCUT2D eigenvalue weighted by Crippen LogP contribution is 2.48. The Balaban J connectivity index is 1.48. The molecule has 0 radical (unpaired) electrons. The highest BCUT2D eigenvalue weighted by molar-refractivity contribution is 6.32. The summed E-state index contributed by atoms with van der Waals surface area (Å²) in [6.45, 7) is 2.48. The molecule has 2 aliphatic rings. The fourth-order valence-electron chi connectivity index (χ4n) is 4.74. The van der Waals surface area contributed by atoms with Crippen LogP contribution in [0.5, 0.6) is 5.75 Å². The van der Waals surface area contributed by atoms with Crippen molar-refractivity contribution in [2.24, 2.45) is 5.92 Å². The number of carbonyl (C=O) groups is 1. The second-order valence-corrected chi connectivity index (χ2v) is 8.60. The van der Waals surface area contributed by atoms with Gasteiger partial charge in [0.05, 0.1) is 47.7 Å². The Morgan fingerprint density at radius 3 is 2.82 bits per heavy atom. The lowest BCUT2D eigenvalue weighted by atomic mass is 9.77. The van der Waals surface area contributed by atoms with E-state index < -0.39 is 5.54 Å². The number of aromatic amines is 1. The first-order chi connectivity index (χ1) is 16.0. The average Bonchev–Trinajstić information content (AvgIpc) is 3.54. The third-order valence-corrected chi connectivity index (χ3v) is 6.93. The predicted molar refractivity (Wildman–Crippen MR) is 122 cm³/mol. The van der Waals surface area contributed by atoms with Crippen LogP contribution in [0.2, 0.25) is 5.02 Å². The van der Waals surface area contributed by atoms with E-state index in [0.29, 0.717) is 34.4 Å². The van der Waals surface area contributed by atoms with Gasteiger partial charge in [-0.25, -0.2) is 4.98 Å². The van der Waals surface area contributed by atoms with Gasteiger partial charge in [-0.05, 0) is 49.2 Å². The number of likely N-dealkylation sites (tertiary alicyclic amines) is 1.